The molecule has 1 atom stereocenters. The monoisotopic (exact) mass is 254 g/mol. The number of aliphatic hydroxyl groups is 1. The van der Waals surface area contributed by atoms with Crippen molar-refractivity contribution in [2.45, 2.75) is 38.4 Å². The summed E-state index contributed by atoms with van der Waals surface area (Å²) in [5.41, 5.74) is 0.842. The molecule has 1 unspecified atom stereocenters. The van der Waals surface area contributed by atoms with E-state index in [0.717, 1.165) is 31.4 Å². The Labute approximate surface area is 108 Å². The van der Waals surface area contributed by atoms with Gasteiger partial charge in [-0.2, -0.15) is 0 Å². The van der Waals surface area contributed by atoms with Crippen LogP contribution < -0.4 is 0 Å². The minimum Gasteiger partial charge on any atom is -0.388 e. The molecule has 0 heterocycles. The van der Waals surface area contributed by atoms with Crippen molar-refractivity contribution in [3.8, 4) is 0 Å². The molecule has 2 nitrogen and oxygen atoms in total. The molecule has 1 aromatic carbocycles. The van der Waals surface area contributed by atoms with Crippen LogP contribution in [0.1, 0.15) is 37.9 Å². The lowest BCUT2D eigenvalue weighted by Crippen LogP contribution is -2.32. The standard InChI is InChI=1S/C14H19ClO2/c1-2-17-11-7-10(8-11)9-14(16)12-5-3-4-6-13(12)15/h3-6,10-11,14,16H,2,7-9H2,1H3. The van der Waals surface area contributed by atoms with Gasteiger partial charge < -0.3 is 9.84 Å². The van der Waals surface area contributed by atoms with E-state index in [4.69, 9.17) is 16.3 Å². The Hall–Kier alpha value is -0.570. The topological polar surface area (TPSA) is 29.5 Å². The number of hydrogen-bond acceptors (Lipinski definition) is 2. The molecule has 1 aromatic rings. The van der Waals surface area contributed by atoms with Crippen molar-refractivity contribution >= 4 is 11.6 Å². The third-order valence-corrected chi connectivity index (χ3v) is 3.76. The van der Waals surface area contributed by atoms with E-state index in [1.807, 2.05) is 31.2 Å². The molecule has 2 rings (SSSR count). The molecule has 0 radical (unpaired) electrons. The van der Waals surface area contributed by atoms with Crippen LogP contribution in [-0.4, -0.2) is 17.8 Å². The van der Waals surface area contributed by atoms with Gasteiger partial charge in [0.15, 0.2) is 0 Å². The summed E-state index contributed by atoms with van der Waals surface area (Å²) in [4.78, 5) is 0. The first-order valence-corrected chi connectivity index (χ1v) is 6.62. The highest BCUT2D eigenvalue weighted by atomic mass is 35.5. The van der Waals surface area contributed by atoms with E-state index < -0.39 is 6.10 Å². The van der Waals surface area contributed by atoms with Crippen molar-refractivity contribution < 1.29 is 9.84 Å². The summed E-state index contributed by atoms with van der Waals surface area (Å²) in [5.74, 6) is 0.567. The zero-order valence-electron chi connectivity index (χ0n) is 10.1. The van der Waals surface area contributed by atoms with Crippen molar-refractivity contribution in [1.29, 1.82) is 0 Å². The maximum absolute atomic E-state index is 10.1. The van der Waals surface area contributed by atoms with Gasteiger partial charge in [-0.25, -0.2) is 0 Å². The second kappa shape index (κ2) is 5.85. The smallest absolute Gasteiger partial charge is 0.0807 e. The van der Waals surface area contributed by atoms with Crippen molar-refractivity contribution in [1.82, 2.24) is 0 Å². The highest BCUT2D eigenvalue weighted by molar-refractivity contribution is 6.31. The second-order valence-corrected chi connectivity index (χ2v) is 5.09. The van der Waals surface area contributed by atoms with Gasteiger partial charge in [0.05, 0.1) is 12.2 Å². The van der Waals surface area contributed by atoms with Crippen LogP contribution in [0.5, 0.6) is 0 Å². The van der Waals surface area contributed by atoms with Gasteiger partial charge in [0.1, 0.15) is 0 Å². The molecule has 0 aromatic heterocycles. The molecule has 1 aliphatic carbocycles. The molecule has 1 aliphatic rings. The van der Waals surface area contributed by atoms with Gasteiger partial charge in [0, 0.05) is 11.6 Å². The molecule has 1 fully saturated rings. The van der Waals surface area contributed by atoms with Gasteiger partial charge in [0.2, 0.25) is 0 Å². The molecule has 0 saturated heterocycles. The summed E-state index contributed by atoms with van der Waals surface area (Å²) in [6.07, 6.45) is 2.87. The van der Waals surface area contributed by atoms with Crippen LogP contribution in [0.15, 0.2) is 24.3 Å². The normalized spacial score (nSPS) is 25.4. The first kappa shape index (κ1) is 12.9. The SMILES string of the molecule is CCOC1CC(CC(O)c2ccccc2Cl)C1. The number of hydrogen-bond donors (Lipinski definition) is 1. The van der Waals surface area contributed by atoms with Crippen LogP contribution >= 0.6 is 11.6 Å². The maximum atomic E-state index is 10.1. The van der Waals surface area contributed by atoms with Gasteiger partial charge >= 0.3 is 0 Å². The first-order chi connectivity index (χ1) is 8.20. The summed E-state index contributed by atoms with van der Waals surface area (Å²) < 4.78 is 5.51. The zero-order chi connectivity index (χ0) is 12.3. The number of rotatable bonds is 5. The first-order valence-electron chi connectivity index (χ1n) is 6.24. The molecule has 1 N–H and O–H groups in total. The minimum atomic E-state index is -0.448. The second-order valence-electron chi connectivity index (χ2n) is 4.69. The summed E-state index contributed by atoms with van der Waals surface area (Å²) in [6, 6.07) is 7.51. The van der Waals surface area contributed by atoms with Gasteiger partial charge in [-0.15, -0.1) is 0 Å². The van der Waals surface area contributed by atoms with Crippen LogP contribution in [0.4, 0.5) is 0 Å². The predicted octanol–water partition coefficient (Wildman–Crippen LogP) is 3.58. The zero-order valence-corrected chi connectivity index (χ0v) is 10.9. The fourth-order valence-electron chi connectivity index (χ4n) is 2.43. The number of aliphatic hydroxyl groups excluding tert-OH is 1. The summed E-state index contributed by atoms with van der Waals surface area (Å²) in [7, 11) is 0. The average Bonchev–Trinajstić information content (AvgIpc) is 2.26. The molecule has 0 bridgehead atoms. The van der Waals surface area contributed by atoms with E-state index in [2.05, 4.69) is 0 Å². The average molecular weight is 255 g/mol. The number of benzene rings is 1. The molecule has 0 spiro atoms. The van der Waals surface area contributed by atoms with E-state index in [-0.39, 0.29) is 0 Å². The Balaban J connectivity index is 1.83. The molecule has 17 heavy (non-hydrogen) atoms. The molecule has 94 valence electrons. The van der Waals surface area contributed by atoms with Crippen LogP contribution in [-0.2, 0) is 4.74 Å². The van der Waals surface area contributed by atoms with Gasteiger partial charge in [-0.3, -0.25) is 0 Å². The number of halogens is 1. The maximum Gasteiger partial charge on any atom is 0.0807 e. The van der Waals surface area contributed by atoms with Crippen molar-refractivity contribution in [3.63, 3.8) is 0 Å². The Kier molecular flexibility index (Phi) is 4.43. The third-order valence-electron chi connectivity index (χ3n) is 3.42. The number of ether oxygens (including phenoxy) is 1. The highest BCUT2D eigenvalue weighted by Gasteiger charge is 2.31. The van der Waals surface area contributed by atoms with E-state index in [9.17, 15) is 5.11 Å². The molecule has 0 aliphatic heterocycles. The van der Waals surface area contributed by atoms with Gasteiger partial charge in [-0.1, -0.05) is 29.8 Å². The lowest BCUT2D eigenvalue weighted by Gasteiger charge is -2.36. The van der Waals surface area contributed by atoms with Crippen LogP contribution in [0.3, 0.4) is 0 Å². The third kappa shape index (κ3) is 3.21. The molecule has 0 amide bonds. The molecule has 3 heteroatoms. The van der Waals surface area contributed by atoms with Gasteiger partial charge in [-0.05, 0) is 43.7 Å². The van der Waals surface area contributed by atoms with E-state index in [1.54, 1.807) is 0 Å². The fraction of sp³-hybridized carbons (Fsp3) is 0.571. The lowest BCUT2D eigenvalue weighted by atomic mass is 9.78. The van der Waals surface area contributed by atoms with Crippen LogP contribution in [0.2, 0.25) is 5.02 Å². The summed E-state index contributed by atoms with van der Waals surface area (Å²) >= 11 is 6.06. The van der Waals surface area contributed by atoms with E-state index >= 15 is 0 Å². The van der Waals surface area contributed by atoms with Crippen molar-refractivity contribution in [2.24, 2.45) is 5.92 Å². The highest BCUT2D eigenvalue weighted by Crippen LogP contribution is 2.38. The van der Waals surface area contributed by atoms with Crippen LogP contribution in [0, 0.1) is 5.92 Å². The fourth-order valence-corrected chi connectivity index (χ4v) is 2.69. The predicted molar refractivity (Wildman–Crippen MR) is 69.2 cm³/mol. The largest absolute Gasteiger partial charge is 0.388 e. The lowest BCUT2D eigenvalue weighted by molar-refractivity contribution is -0.0380. The summed E-state index contributed by atoms with van der Waals surface area (Å²) in [6.45, 7) is 2.80. The van der Waals surface area contributed by atoms with Crippen molar-refractivity contribution in [2.75, 3.05) is 6.61 Å². The van der Waals surface area contributed by atoms with Crippen LogP contribution in [0.25, 0.3) is 0 Å². The molecule has 1 saturated carbocycles. The Bertz CT molecular complexity index is 361. The minimum absolute atomic E-state index is 0.406. The Morgan fingerprint density at radius 1 is 1.41 bits per heavy atom. The summed E-state index contributed by atoms with van der Waals surface area (Å²) in [5, 5.41) is 10.8. The molecular formula is C14H19ClO2. The molecular weight excluding hydrogens is 236 g/mol. The van der Waals surface area contributed by atoms with Crippen molar-refractivity contribution in [3.05, 3.63) is 34.9 Å². The van der Waals surface area contributed by atoms with Gasteiger partial charge in [0.25, 0.3) is 0 Å². The Morgan fingerprint density at radius 2 is 2.12 bits per heavy atom. The van der Waals surface area contributed by atoms with E-state index in [0.29, 0.717) is 17.0 Å². The Morgan fingerprint density at radius 3 is 2.76 bits per heavy atom. The van der Waals surface area contributed by atoms with E-state index in [1.165, 1.54) is 0 Å². The quantitative estimate of drug-likeness (QED) is 0.870.